The average Bonchev–Trinajstić information content (AvgIpc) is 2.86. The second kappa shape index (κ2) is 5.60. The fourth-order valence-corrected chi connectivity index (χ4v) is 2.56. The molecule has 3 rings (SSSR count). The van der Waals surface area contributed by atoms with Gasteiger partial charge in [-0.2, -0.15) is 13.2 Å². The number of halogens is 3. The molecule has 0 atom stereocenters. The fraction of sp³-hybridized carbons (Fsp3) is 0.333. The van der Waals surface area contributed by atoms with Gasteiger partial charge in [0.05, 0.1) is 11.5 Å². The molecule has 2 aromatic rings. The van der Waals surface area contributed by atoms with Gasteiger partial charge in [0.1, 0.15) is 6.54 Å². The minimum atomic E-state index is -4.43. The number of para-hydroxylation sites is 1. The number of nitrogens with one attached hydrogen (secondary N) is 2. The summed E-state index contributed by atoms with van der Waals surface area (Å²) in [5.41, 5.74) is 1.32. The Kier molecular flexibility index (Phi) is 3.75. The predicted molar refractivity (Wildman–Crippen MR) is 76.8 cm³/mol. The van der Waals surface area contributed by atoms with Crippen molar-refractivity contribution in [1.29, 1.82) is 0 Å². The van der Waals surface area contributed by atoms with E-state index < -0.39 is 24.5 Å². The van der Waals surface area contributed by atoms with Crippen LogP contribution < -0.4 is 5.32 Å². The number of aromatic nitrogens is 1. The molecule has 1 aliphatic heterocycles. The Hall–Kier alpha value is -2.51. The van der Waals surface area contributed by atoms with Crippen LogP contribution in [-0.4, -0.2) is 47.5 Å². The van der Waals surface area contributed by atoms with Crippen LogP contribution in [0.25, 0.3) is 10.9 Å². The second-order valence-corrected chi connectivity index (χ2v) is 5.49. The van der Waals surface area contributed by atoms with Crippen molar-refractivity contribution in [2.45, 2.75) is 6.18 Å². The standard InChI is InChI=1S/C15H14F3N3O2/c16-15(17,18)8-20-13(22)9-6-21(7-9)14(23)11-5-19-12-4-2-1-3-10(11)12/h1-5,9,19H,6-8H2,(H,20,22). The number of rotatable bonds is 3. The van der Waals surface area contributed by atoms with Crippen molar-refractivity contribution in [2.75, 3.05) is 19.6 Å². The van der Waals surface area contributed by atoms with E-state index in [2.05, 4.69) is 4.98 Å². The van der Waals surface area contributed by atoms with Crippen LogP contribution in [0, 0.1) is 5.92 Å². The molecule has 122 valence electrons. The highest BCUT2D eigenvalue weighted by Gasteiger charge is 2.38. The topological polar surface area (TPSA) is 65.2 Å². The molecule has 1 saturated heterocycles. The number of nitrogens with zero attached hydrogens (tertiary/aromatic N) is 1. The summed E-state index contributed by atoms with van der Waals surface area (Å²) in [5.74, 6) is -1.50. The van der Waals surface area contributed by atoms with Gasteiger partial charge >= 0.3 is 6.18 Å². The first kappa shape index (κ1) is 15.4. The summed E-state index contributed by atoms with van der Waals surface area (Å²) in [6.45, 7) is -1.09. The Labute approximate surface area is 129 Å². The number of likely N-dealkylation sites (tertiary alicyclic amines) is 1. The number of benzene rings is 1. The lowest BCUT2D eigenvalue weighted by Crippen LogP contribution is -2.56. The van der Waals surface area contributed by atoms with Crippen molar-refractivity contribution in [3.05, 3.63) is 36.0 Å². The maximum atomic E-state index is 12.4. The Morgan fingerprint density at radius 2 is 1.96 bits per heavy atom. The average molecular weight is 325 g/mol. The summed E-state index contributed by atoms with van der Waals surface area (Å²) in [5, 5.41) is 2.62. The summed E-state index contributed by atoms with van der Waals surface area (Å²) in [7, 11) is 0. The summed E-state index contributed by atoms with van der Waals surface area (Å²) >= 11 is 0. The number of alkyl halides is 3. The quantitative estimate of drug-likeness (QED) is 0.905. The van der Waals surface area contributed by atoms with Crippen molar-refractivity contribution in [1.82, 2.24) is 15.2 Å². The number of hydrogen-bond acceptors (Lipinski definition) is 2. The normalized spacial score (nSPS) is 15.5. The van der Waals surface area contributed by atoms with Gasteiger partial charge < -0.3 is 15.2 Å². The molecular weight excluding hydrogens is 311 g/mol. The van der Waals surface area contributed by atoms with E-state index in [1.165, 1.54) is 4.90 Å². The molecule has 1 fully saturated rings. The molecule has 0 radical (unpaired) electrons. The molecule has 2 heterocycles. The maximum absolute atomic E-state index is 12.4. The third-order valence-electron chi connectivity index (χ3n) is 3.82. The van der Waals surface area contributed by atoms with Crippen LogP contribution >= 0.6 is 0 Å². The Morgan fingerprint density at radius 1 is 1.26 bits per heavy atom. The van der Waals surface area contributed by atoms with Crippen molar-refractivity contribution in [3.63, 3.8) is 0 Å². The molecule has 5 nitrogen and oxygen atoms in total. The Morgan fingerprint density at radius 3 is 2.65 bits per heavy atom. The zero-order valence-corrected chi connectivity index (χ0v) is 12.0. The third-order valence-corrected chi connectivity index (χ3v) is 3.82. The van der Waals surface area contributed by atoms with Crippen LogP contribution in [0.15, 0.2) is 30.5 Å². The smallest absolute Gasteiger partial charge is 0.360 e. The highest BCUT2D eigenvalue weighted by Crippen LogP contribution is 2.24. The van der Waals surface area contributed by atoms with Crippen LogP contribution in [0.5, 0.6) is 0 Å². The molecule has 23 heavy (non-hydrogen) atoms. The van der Waals surface area contributed by atoms with Crippen LogP contribution in [0.2, 0.25) is 0 Å². The first-order valence-corrected chi connectivity index (χ1v) is 7.05. The van der Waals surface area contributed by atoms with Crippen molar-refractivity contribution < 1.29 is 22.8 Å². The Balaban J connectivity index is 1.59. The fourth-order valence-electron chi connectivity index (χ4n) is 2.56. The lowest BCUT2D eigenvalue weighted by Gasteiger charge is -2.38. The number of H-pyrrole nitrogens is 1. The molecule has 0 aliphatic carbocycles. The van der Waals surface area contributed by atoms with Crippen LogP contribution in [-0.2, 0) is 4.79 Å². The third kappa shape index (κ3) is 3.15. The van der Waals surface area contributed by atoms with Gasteiger partial charge in [-0.3, -0.25) is 9.59 Å². The molecule has 0 bridgehead atoms. The molecule has 0 unspecified atom stereocenters. The zero-order valence-electron chi connectivity index (χ0n) is 12.0. The van der Waals surface area contributed by atoms with Gasteiger partial charge in [0.2, 0.25) is 5.91 Å². The molecule has 0 saturated carbocycles. The molecule has 1 aromatic carbocycles. The van der Waals surface area contributed by atoms with Gasteiger partial charge in [-0.15, -0.1) is 0 Å². The number of amides is 2. The van der Waals surface area contributed by atoms with E-state index in [9.17, 15) is 22.8 Å². The monoisotopic (exact) mass is 325 g/mol. The maximum Gasteiger partial charge on any atom is 0.405 e. The molecule has 1 aromatic heterocycles. The number of aromatic amines is 1. The second-order valence-electron chi connectivity index (χ2n) is 5.49. The van der Waals surface area contributed by atoms with Crippen LogP contribution in [0.1, 0.15) is 10.4 Å². The van der Waals surface area contributed by atoms with E-state index in [1.807, 2.05) is 29.6 Å². The first-order valence-electron chi connectivity index (χ1n) is 7.05. The molecule has 2 N–H and O–H groups in total. The van der Waals surface area contributed by atoms with Gasteiger partial charge in [-0.1, -0.05) is 18.2 Å². The first-order chi connectivity index (χ1) is 10.8. The highest BCUT2D eigenvalue weighted by atomic mass is 19.4. The number of carbonyl (C=O) groups is 2. The molecule has 0 spiro atoms. The minimum Gasteiger partial charge on any atom is -0.360 e. The van der Waals surface area contributed by atoms with Crippen LogP contribution in [0.4, 0.5) is 13.2 Å². The summed E-state index contributed by atoms with van der Waals surface area (Å²) in [6, 6.07) is 7.32. The van der Waals surface area contributed by atoms with Crippen molar-refractivity contribution in [2.24, 2.45) is 5.92 Å². The summed E-state index contributed by atoms with van der Waals surface area (Å²) in [6.07, 6.45) is -2.83. The van der Waals surface area contributed by atoms with Gasteiger partial charge in [-0.25, -0.2) is 0 Å². The lowest BCUT2D eigenvalue weighted by molar-refractivity contribution is -0.143. The van der Waals surface area contributed by atoms with E-state index in [0.29, 0.717) is 5.56 Å². The Bertz CT molecular complexity index is 748. The van der Waals surface area contributed by atoms with Gasteiger partial charge in [-0.05, 0) is 6.07 Å². The number of hydrogen-bond donors (Lipinski definition) is 2. The van der Waals surface area contributed by atoms with Gasteiger partial charge in [0.15, 0.2) is 0 Å². The largest absolute Gasteiger partial charge is 0.405 e. The van der Waals surface area contributed by atoms with Crippen LogP contribution in [0.3, 0.4) is 0 Å². The summed E-state index contributed by atoms with van der Waals surface area (Å²) in [4.78, 5) is 28.4. The number of fused-ring (bicyclic) bond motifs is 1. The van der Waals surface area contributed by atoms with E-state index >= 15 is 0 Å². The molecule has 2 amide bonds. The highest BCUT2D eigenvalue weighted by molar-refractivity contribution is 6.07. The summed E-state index contributed by atoms with van der Waals surface area (Å²) < 4.78 is 36.2. The predicted octanol–water partition coefficient (Wildman–Crippen LogP) is 1.92. The van der Waals surface area contributed by atoms with Gasteiger partial charge in [0.25, 0.3) is 5.91 Å². The van der Waals surface area contributed by atoms with E-state index in [0.717, 1.165) is 10.9 Å². The molecule has 8 heteroatoms. The van der Waals surface area contributed by atoms with Crippen molar-refractivity contribution >= 4 is 22.7 Å². The van der Waals surface area contributed by atoms with Gasteiger partial charge in [0, 0.05) is 30.2 Å². The number of carbonyl (C=O) groups excluding carboxylic acids is 2. The van der Waals surface area contributed by atoms with E-state index in [4.69, 9.17) is 0 Å². The minimum absolute atomic E-state index is 0.127. The SMILES string of the molecule is O=C(NCC(F)(F)F)C1CN(C(=O)c2c[nH]c3ccccc23)C1. The lowest BCUT2D eigenvalue weighted by atomic mass is 9.97. The zero-order chi connectivity index (χ0) is 16.6. The molecular formula is C15H14F3N3O2. The van der Waals surface area contributed by atoms with E-state index in [-0.39, 0.29) is 19.0 Å². The molecule has 1 aliphatic rings. The van der Waals surface area contributed by atoms with E-state index in [1.54, 1.807) is 6.20 Å². The van der Waals surface area contributed by atoms with Crippen molar-refractivity contribution in [3.8, 4) is 0 Å².